The van der Waals surface area contributed by atoms with Crippen LogP contribution in [0.2, 0.25) is 0 Å². The van der Waals surface area contributed by atoms with Crippen LogP contribution in [-0.2, 0) is 11.8 Å². The normalized spacial score (nSPS) is 13.1. The minimum Gasteiger partial charge on any atom is -0.481 e. The van der Waals surface area contributed by atoms with Crippen LogP contribution in [0.4, 0.5) is 0 Å². The summed E-state index contributed by atoms with van der Waals surface area (Å²) >= 11 is 0. The van der Waals surface area contributed by atoms with Crippen molar-refractivity contribution in [2.24, 2.45) is 18.4 Å². The van der Waals surface area contributed by atoms with Crippen molar-refractivity contribution in [2.75, 3.05) is 6.54 Å². The van der Waals surface area contributed by atoms with Gasteiger partial charge in [0, 0.05) is 19.3 Å². The molecule has 5 nitrogen and oxygen atoms in total. The molecule has 0 saturated heterocycles. The lowest BCUT2D eigenvalue weighted by Gasteiger charge is -2.23. The molecule has 1 aromatic heterocycles. The Morgan fingerprint density at radius 3 is 2.35 bits per heavy atom. The summed E-state index contributed by atoms with van der Waals surface area (Å²) in [6.07, 6.45) is 0.523. The maximum absolute atomic E-state index is 12.0. The predicted molar refractivity (Wildman–Crippen MR) is 77.7 cm³/mol. The van der Waals surface area contributed by atoms with Gasteiger partial charge in [0.15, 0.2) is 0 Å². The van der Waals surface area contributed by atoms with Crippen LogP contribution in [0.5, 0.6) is 0 Å². The average molecular weight is 280 g/mol. The number of carboxylic acids is 1. The summed E-state index contributed by atoms with van der Waals surface area (Å²) < 4.78 is 1.79. The molecule has 1 rings (SSSR count). The first-order valence-electron chi connectivity index (χ1n) is 6.75. The van der Waals surface area contributed by atoms with Crippen LogP contribution in [0.1, 0.15) is 43.4 Å². The number of amides is 1. The van der Waals surface area contributed by atoms with Gasteiger partial charge in [-0.2, -0.15) is 0 Å². The fourth-order valence-corrected chi connectivity index (χ4v) is 2.13. The summed E-state index contributed by atoms with van der Waals surface area (Å²) in [5.74, 6) is -1.68. The van der Waals surface area contributed by atoms with Gasteiger partial charge >= 0.3 is 5.97 Å². The Kier molecular flexibility index (Phi) is 4.98. The quantitative estimate of drug-likeness (QED) is 0.868. The summed E-state index contributed by atoms with van der Waals surface area (Å²) in [5, 5.41) is 11.9. The van der Waals surface area contributed by atoms with Gasteiger partial charge in [-0.15, -0.1) is 0 Å². The van der Waals surface area contributed by atoms with Crippen molar-refractivity contribution in [2.45, 2.75) is 34.1 Å². The Balaban J connectivity index is 2.66. The van der Waals surface area contributed by atoms with Crippen LogP contribution in [0, 0.1) is 18.3 Å². The second-order valence-corrected chi connectivity index (χ2v) is 6.43. The van der Waals surface area contributed by atoms with Crippen LogP contribution in [0.3, 0.4) is 0 Å². The van der Waals surface area contributed by atoms with E-state index in [0.29, 0.717) is 12.1 Å². The second-order valence-electron chi connectivity index (χ2n) is 6.43. The van der Waals surface area contributed by atoms with E-state index in [-0.39, 0.29) is 17.9 Å². The van der Waals surface area contributed by atoms with Crippen molar-refractivity contribution in [3.05, 3.63) is 23.5 Å². The molecule has 0 radical (unpaired) electrons. The van der Waals surface area contributed by atoms with Gasteiger partial charge in [-0.1, -0.05) is 20.8 Å². The molecule has 0 fully saturated rings. The van der Waals surface area contributed by atoms with E-state index in [9.17, 15) is 14.7 Å². The van der Waals surface area contributed by atoms with E-state index in [2.05, 4.69) is 5.32 Å². The predicted octanol–water partition coefficient (Wildman–Crippen LogP) is 2.20. The lowest BCUT2D eigenvalue weighted by molar-refractivity contribution is -0.142. The fourth-order valence-electron chi connectivity index (χ4n) is 2.13. The standard InChI is InChI=1S/C15H24N2O3/c1-10-6-7-12(17(10)5)13(18)16-9-11(14(19)20)8-15(2,3)4/h6-7,11H,8-9H2,1-5H3,(H,16,18)(H,19,20). The summed E-state index contributed by atoms with van der Waals surface area (Å²) in [7, 11) is 1.81. The molecule has 0 aromatic carbocycles. The third-order valence-corrected chi connectivity index (χ3v) is 3.32. The number of carboxylic acid groups (broad SMARTS) is 1. The van der Waals surface area contributed by atoms with Crippen LogP contribution < -0.4 is 5.32 Å². The van der Waals surface area contributed by atoms with Crippen molar-refractivity contribution in [1.29, 1.82) is 0 Å². The number of aliphatic carboxylic acids is 1. The van der Waals surface area contributed by atoms with Crippen molar-refractivity contribution >= 4 is 11.9 Å². The van der Waals surface area contributed by atoms with Gasteiger partial charge in [-0.25, -0.2) is 0 Å². The fraction of sp³-hybridized carbons (Fsp3) is 0.600. The van der Waals surface area contributed by atoms with E-state index in [0.717, 1.165) is 5.69 Å². The molecule has 0 aliphatic carbocycles. The Hall–Kier alpha value is -1.78. The van der Waals surface area contributed by atoms with E-state index < -0.39 is 11.9 Å². The summed E-state index contributed by atoms with van der Waals surface area (Å²) in [4.78, 5) is 23.3. The van der Waals surface area contributed by atoms with Crippen molar-refractivity contribution in [1.82, 2.24) is 9.88 Å². The van der Waals surface area contributed by atoms with E-state index in [1.165, 1.54) is 0 Å². The lowest BCUT2D eigenvalue weighted by atomic mass is 9.84. The van der Waals surface area contributed by atoms with Crippen LogP contribution in [-0.4, -0.2) is 28.1 Å². The number of nitrogens with one attached hydrogen (secondary N) is 1. The maximum atomic E-state index is 12.0. The molecule has 0 aliphatic heterocycles. The number of hydrogen-bond acceptors (Lipinski definition) is 2. The zero-order valence-electron chi connectivity index (χ0n) is 12.9. The molecule has 0 bridgehead atoms. The molecule has 2 N–H and O–H groups in total. The smallest absolute Gasteiger partial charge is 0.308 e. The topological polar surface area (TPSA) is 71.3 Å². The van der Waals surface area contributed by atoms with Crippen LogP contribution in [0.25, 0.3) is 0 Å². The minimum atomic E-state index is -0.872. The van der Waals surface area contributed by atoms with Gasteiger partial charge in [0.25, 0.3) is 5.91 Å². The molecular weight excluding hydrogens is 256 g/mol. The van der Waals surface area contributed by atoms with Gasteiger partial charge in [-0.3, -0.25) is 9.59 Å². The Morgan fingerprint density at radius 2 is 1.95 bits per heavy atom. The molecular formula is C15H24N2O3. The molecule has 0 spiro atoms. The third kappa shape index (κ3) is 4.40. The summed E-state index contributed by atoms with van der Waals surface area (Å²) in [5.41, 5.74) is 1.44. The zero-order chi connectivity index (χ0) is 15.5. The number of aromatic nitrogens is 1. The Bertz CT molecular complexity index is 498. The maximum Gasteiger partial charge on any atom is 0.308 e. The first-order valence-corrected chi connectivity index (χ1v) is 6.75. The van der Waals surface area contributed by atoms with E-state index in [4.69, 9.17) is 0 Å². The summed E-state index contributed by atoms with van der Waals surface area (Å²) in [6.45, 7) is 8.04. The highest BCUT2D eigenvalue weighted by Crippen LogP contribution is 2.24. The molecule has 112 valence electrons. The molecule has 5 heteroatoms. The Morgan fingerprint density at radius 1 is 1.35 bits per heavy atom. The molecule has 0 aliphatic rings. The first kappa shape index (κ1) is 16.3. The van der Waals surface area contributed by atoms with Crippen molar-refractivity contribution in [3.8, 4) is 0 Å². The molecule has 0 saturated carbocycles. The van der Waals surface area contributed by atoms with Gasteiger partial charge in [-0.05, 0) is 30.9 Å². The minimum absolute atomic E-state index is 0.0880. The Labute approximate surface area is 120 Å². The number of rotatable bonds is 5. The molecule has 1 heterocycles. The van der Waals surface area contributed by atoms with Gasteiger partial charge in [0.05, 0.1) is 5.92 Å². The zero-order valence-corrected chi connectivity index (χ0v) is 12.9. The number of carbonyl (C=O) groups excluding carboxylic acids is 1. The average Bonchev–Trinajstić information content (AvgIpc) is 2.63. The van der Waals surface area contributed by atoms with Gasteiger partial charge < -0.3 is 15.0 Å². The lowest BCUT2D eigenvalue weighted by Crippen LogP contribution is -2.35. The van der Waals surface area contributed by atoms with Crippen molar-refractivity contribution in [3.63, 3.8) is 0 Å². The monoisotopic (exact) mass is 280 g/mol. The SMILES string of the molecule is Cc1ccc(C(=O)NCC(CC(C)(C)C)C(=O)O)n1C. The molecule has 1 atom stereocenters. The summed E-state index contributed by atoms with van der Waals surface area (Å²) in [6, 6.07) is 3.60. The highest BCUT2D eigenvalue weighted by Gasteiger charge is 2.25. The molecule has 1 aromatic rings. The highest BCUT2D eigenvalue weighted by atomic mass is 16.4. The van der Waals surface area contributed by atoms with Gasteiger partial charge in [0.2, 0.25) is 0 Å². The van der Waals surface area contributed by atoms with Crippen molar-refractivity contribution < 1.29 is 14.7 Å². The third-order valence-electron chi connectivity index (χ3n) is 3.32. The largest absolute Gasteiger partial charge is 0.481 e. The molecule has 1 amide bonds. The van der Waals surface area contributed by atoms with E-state index >= 15 is 0 Å². The highest BCUT2D eigenvalue weighted by molar-refractivity contribution is 5.93. The van der Waals surface area contributed by atoms with E-state index in [1.807, 2.05) is 40.8 Å². The first-order chi connectivity index (χ1) is 9.11. The van der Waals surface area contributed by atoms with Crippen LogP contribution >= 0.6 is 0 Å². The number of carbonyl (C=O) groups is 2. The van der Waals surface area contributed by atoms with Crippen LogP contribution in [0.15, 0.2) is 12.1 Å². The number of hydrogen-bond donors (Lipinski definition) is 2. The van der Waals surface area contributed by atoms with E-state index in [1.54, 1.807) is 10.6 Å². The number of nitrogens with zero attached hydrogens (tertiary/aromatic N) is 1. The second kappa shape index (κ2) is 6.11. The molecule has 1 unspecified atom stereocenters. The number of aryl methyl sites for hydroxylation is 1. The van der Waals surface area contributed by atoms with Gasteiger partial charge in [0.1, 0.15) is 5.69 Å². The molecule has 20 heavy (non-hydrogen) atoms.